The average molecular weight is 251 g/mol. The molecule has 1 amide bonds. The number of unbranched alkanes of at least 4 members (excludes halogenated alkanes) is 1. The summed E-state index contributed by atoms with van der Waals surface area (Å²) in [5, 5.41) is 2.71. The largest absolute Gasteiger partial charge is 0.535 e. The van der Waals surface area contributed by atoms with Gasteiger partial charge in [0.15, 0.2) is 0 Å². The first kappa shape index (κ1) is 14.7. The minimum Gasteiger partial charge on any atom is -0.433 e. The number of carbonyl (C=O) groups is 2. The molecule has 0 aromatic carbocycles. The van der Waals surface area contributed by atoms with Gasteiger partial charge in [0, 0.05) is 14.1 Å². The Morgan fingerprint density at radius 2 is 2.00 bits per heavy atom. The van der Waals surface area contributed by atoms with Crippen molar-refractivity contribution < 1.29 is 19.2 Å². The molecule has 0 saturated heterocycles. The topological polar surface area (TPSA) is 68.2 Å². The maximum atomic E-state index is 11.1. The van der Waals surface area contributed by atoms with Gasteiger partial charge >= 0.3 is 6.16 Å². The quantitative estimate of drug-likeness (QED) is 0.244. The summed E-state index contributed by atoms with van der Waals surface area (Å²) in [4.78, 5) is 27.5. The number of ether oxygens (including phenoxy) is 1. The molecule has 0 aromatic heterocycles. The summed E-state index contributed by atoms with van der Waals surface area (Å²) >= 11 is 5.46. The summed E-state index contributed by atoms with van der Waals surface area (Å²) in [6, 6.07) is 0. The Labute approximate surface area is 99.1 Å². The lowest BCUT2D eigenvalue weighted by Gasteiger charge is -2.07. The highest BCUT2D eigenvalue weighted by molar-refractivity contribution is 6.82. The van der Waals surface area contributed by atoms with Crippen LogP contribution in [0.3, 0.4) is 0 Å². The van der Waals surface area contributed by atoms with E-state index in [1.165, 1.54) is 19.0 Å². The van der Waals surface area contributed by atoms with Gasteiger partial charge in [-0.05, 0) is 6.42 Å². The molecule has 0 aromatic rings. The monoisotopic (exact) mass is 250 g/mol. The molecule has 0 aliphatic rings. The number of carbonyl (C=O) groups excluding carboxylic acids is 2. The Bertz CT molecular complexity index is 279. The van der Waals surface area contributed by atoms with E-state index in [2.05, 4.69) is 14.7 Å². The van der Waals surface area contributed by atoms with Crippen LogP contribution in [-0.2, 0) is 14.4 Å². The molecule has 0 radical (unpaired) electrons. The van der Waals surface area contributed by atoms with Gasteiger partial charge in [-0.3, -0.25) is 9.63 Å². The van der Waals surface area contributed by atoms with E-state index in [1.54, 1.807) is 0 Å². The maximum Gasteiger partial charge on any atom is 0.535 e. The zero-order valence-electron chi connectivity index (χ0n) is 9.53. The van der Waals surface area contributed by atoms with Crippen molar-refractivity contribution in [1.29, 1.82) is 0 Å². The van der Waals surface area contributed by atoms with Crippen molar-refractivity contribution in [3.05, 3.63) is 0 Å². The summed E-state index contributed by atoms with van der Waals surface area (Å²) in [6.45, 7) is 2.21. The molecule has 0 heterocycles. The van der Waals surface area contributed by atoms with E-state index in [0.717, 1.165) is 12.8 Å². The summed E-state index contributed by atoms with van der Waals surface area (Å²) in [6.07, 6.45) is 0.665. The Morgan fingerprint density at radius 3 is 2.50 bits per heavy atom. The van der Waals surface area contributed by atoms with E-state index in [4.69, 9.17) is 11.6 Å². The van der Waals surface area contributed by atoms with Crippen molar-refractivity contribution in [2.75, 3.05) is 20.7 Å². The second kappa shape index (κ2) is 7.92. The van der Waals surface area contributed by atoms with Gasteiger partial charge in [-0.1, -0.05) is 30.1 Å². The van der Waals surface area contributed by atoms with Crippen molar-refractivity contribution in [2.24, 2.45) is 5.16 Å². The van der Waals surface area contributed by atoms with Crippen LogP contribution in [0.4, 0.5) is 4.79 Å². The summed E-state index contributed by atoms with van der Waals surface area (Å²) in [5.74, 6) is -0.553. The van der Waals surface area contributed by atoms with Crippen LogP contribution in [0.5, 0.6) is 0 Å². The lowest BCUT2D eigenvalue weighted by Crippen LogP contribution is -2.27. The van der Waals surface area contributed by atoms with Gasteiger partial charge in [-0.2, -0.15) is 0 Å². The van der Waals surface area contributed by atoms with Gasteiger partial charge in [0.25, 0.3) is 5.91 Å². The molecule has 0 unspecified atom stereocenters. The van der Waals surface area contributed by atoms with Crippen LogP contribution in [0.15, 0.2) is 5.16 Å². The Kier molecular flexibility index (Phi) is 7.28. The predicted molar refractivity (Wildman–Crippen MR) is 59.3 cm³/mol. The number of nitrogens with zero attached hydrogens (tertiary/aromatic N) is 2. The molecule has 0 aliphatic heterocycles. The number of hydrogen-bond donors (Lipinski definition) is 0. The fourth-order valence-electron chi connectivity index (χ4n) is 0.627. The van der Waals surface area contributed by atoms with Crippen LogP contribution in [0.2, 0.25) is 0 Å². The summed E-state index contributed by atoms with van der Waals surface area (Å²) in [7, 11) is 3.00. The third kappa shape index (κ3) is 6.23. The zero-order chi connectivity index (χ0) is 12.6. The summed E-state index contributed by atoms with van der Waals surface area (Å²) in [5.41, 5.74) is 0. The SMILES string of the molecule is CCCCOC(=O)O/N=C(\Cl)C(=O)N(C)C. The summed E-state index contributed by atoms with van der Waals surface area (Å²) < 4.78 is 4.62. The molecule has 0 saturated carbocycles. The highest BCUT2D eigenvalue weighted by atomic mass is 35.5. The normalized spacial score (nSPS) is 10.9. The highest BCUT2D eigenvalue weighted by Crippen LogP contribution is 1.96. The van der Waals surface area contributed by atoms with Crippen molar-refractivity contribution >= 4 is 28.8 Å². The first-order chi connectivity index (χ1) is 7.49. The first-order valence-corrected chi connectivity index (χ1v) is 5.15. The fraction of sp³-hybridized carbons (Fsp3) is 0.667. The zero-order valence-corrected chi connectivity index (χ0v) is 10.3. The second-order valence-corrected chi connectivity index (χ2v) is 3.48. The molecule has 6 nitrogen and oxygen atoms in total. The van der Waals surface area contributed by atoms with Crippen LogP contribution in [-0.4, -0.2) is 42.8 Å². The minimum atomic E-state index is -0.974. The number of amides is 1. The number of halogens is 1. The average Bonchev–Trinajstić information content (AvgIpc) is 2.25. The van der Waals surface area contributed by atoms with Gasteiger partial charge in [0.1, 0.15) is 0 Å². The molecular formula is C9H15ClN2O4. The van der Waals surface area contributed by atoms with E-state index in [9.17, 15) is 9.59 Å². The Balaban J connectivity index is 3.97. The van der Waals surface area contributed by atoms with Gasteiger partial charge in [-0.25, -0.2) is 4.79 Å². The smallest absolute Gasteiger partial charge is 0.433 e. The molecule has 7 heteroatoms. The molecule has 92 valence electrons. The molecule has 0 bridgehead atoms. The number of rotatable bonds is 5. The van der Waals surface area contributed by atoms with Crippen LogP contribution < -0.4 is 0 Å². The van der Waals surface area contributed by atoms with E-state index in [-0.39, 0.29) is 6.61 Å². The van der Waals surface area contributed by atoms with Crippen LogP contribution >= 0.6 is 11.6 Å². The first-order valence-electron chi connectivity index (χ1n) is 4.78. The molecule has 0 spiro atoms. The van der Waals surface area contributed by atoms with Gasteiger partial charge in [0.05, 0.1) is 6.61 Å². The number of oxime groups is 1. The van der Waals surface area contributed by atoms with Crippen molar-refractivity contribution in [2.45, 2.75) is 19.8 Å². The third-order valence-corrected chi connectivity index (χ3v) is 1.73. The van der Waals surface area contributed by atoms with Crippen LogP contribution in [0.1, 0.15) is 19.8 Å². The highest BCUT2D eigenvalue weighted by Gasteiger charge is 2.12. The van der Waals surface area contributed by atoms with Crippen molar-refractivity contribution in [3.8, 4) is 0 Å². The number of hydrogen-bond acceptors (Lipinski definition) is 5. The van der Waals surface area contributed by atoms with Gasteiger partial charge < -0.3 is 9.64 Å². The third-order valence-electron chi connectivity index (χ3n) is 1.50. The van der Waals surface area contributed by atoms with E-state index >= 15 is 0 Å². The van der Waals surface area contributed by atoms with Crippen LogP contribution in [0.25, 0.3) is 0 Å². The van der Waals surface area contributed by atoms with E-state index < -0.39 is 17.2 Å². The Morgan fingerprint density at radius 1 is 1.38 bits per heavy atom. The van der Waals surface area contributed by atoms with Crippen molar-refractivity contribution in [3.63, 3.8) is 0 Å². The molecule has 0 N–H and O–H groups in total. The maximum absolute atomic E-state index is 11.1. The fourth-order valence-corrected chi connectivity index (χ4v) is 0.831. The molecule has 0 rings (SSSR count). The van der Waals surface area contributed by atoms with E-state index in [1.807, 2.05) is 6.92 Å². The molecule has 0 atom stereocenters. The van der Waals surface area contributed by atoms with E-state index in [0.29, 0.717) is 0 Å². The molecule has 16 heavy (non-hydrogen) atoms. The second-order valence-electron chi connectivity index (χ2n) is 3.12. The molecule has 0 aliphatic carbocycles. The van der Waals surface area contributed by atoms with Crippen molar-refractivity contribution in [1.82, 2.24) is 4.90 Å². The minimum absolute atomic E-state index is 0.254. The predicted octanol–water partition coefficient (Wildman–Crippen LogP) is 1.58. The van der Waals surface area contributed by atoms with Gasteiger partial charge in [-0.15, -0.1) is 0 Å². The standard InChI is InChI=1S/C9H15ClN2O4/c1-4-5-6-15-9(14)16-11-7(10)8(13)12(2)3/h4-6H2,1-3H3/b11-7-. The molecule has 0 fully saturated rings. The lowest BCUT2D eigenvalue weighted by atomic mass is 10.4. The van der Waals surface area contributed by atoms with Gasteiger partial charge in [0.2, 0.25) is 5.17 Å². The lowest BCUT2D eigenvalue weighted by molar-refractivity contribution is -0.121. The molecular weight excluding hydrogens is 236 g/mol. The van der Waals surface area contributed by atoms with Crippen LogP contribution in [0, 0.1) is 0 Å². The Hall–Kier alpha value is -1.30.